The van der Waals surface area contributed by atoms with E-state index in [0.29, 0.717) is 17.9 Å². The van der Waals surface area contributed by atoms with E-state index in [2.05, 4.69) is 25.7 Å². The maximum absolute atomic E-state index is 10.7. The van der Waals surface area contributed by atoms with Crippen molar-refractivity contribution in [2.75, 3.05) is 19.6 Å². The van der Waals surface area contributed by atoms with Crippen LogP contribution in [0.4, 0.5) is 0 Å². The van der Waals surface area contributed by atoms with Crippen molar-refractivity contribution in [2.24, 2.45) is 17.3 Å². The van der Waals surface area contributed by atoms with Crippen LogP contribution in [-0.2, 0) is 4.79 Å². The Morgan fingerprint density at radius 1 is 1.53 bits per heavy atom. The van der Waals surface area contributed by atoms with Crippen molar-refractivity contribution in [3.8, 4) is 0 Å². The SMILES string of the molecule is CC(CN1CCC(C(C)(C)C)C1)C(=O)O. The monoisotopic (exact) mass is 213 g/mol. The summed E-state index contributed by atoms with van der Waals surface area (Å²) in [4.78, 5) is 13.0. The van der Waals surface area contributed by atoms with Crippen LogP contribution in [0.5, 0.6) is 0 Å². The molecule has 0 aliphatic carbocycles. The lowest BCUT2D eigenvalue weighted by Crippen LogP contribution is -2.31. The highest BCUT2D eigenvalue weighted by atomic mass is 16.4. The molecule has 1 N–H and O–H groups in total. The Bertz CT molecular complexity index is 232. The molecule has 3 nitrogen and oxygen atoms in total. The first-order valence-electron chi connectivity index (χ1n) is 5.76. The second kappa shape index (κ2) is 4.52. The number of carbonyl (C=O) groups is 1. The van der Waals surface area contributed by atoms with E-state index in [0.717, 1.165) is 13.1 Å². The van der Waals surface area contributed by atoms with Crippen molar-refractivity contribution in [3.63, 3.8) is 0 Å². The fourth-order valence-electron chi connectivity index (χ4n) is 2.17. The number of nitrogens with zero attached hydrogens (tertiary/aromatic N) is 1. The van der Waals surface area contributed by atoms with E-state index in [1.165, 1.54) is 6.42 Å². The van der Waals surface area contributed by atoms with Crippen LogP contribution in [0.15, 0.2) is 0 Å². The van der Waals surface area contributed by atoms with Gasteiger partial charge in [0.05, 0.1) is 5.92 Å². The van der Waals surface area contributed by atoms with E-state index < -0.39 is 5.97 Å². The van der Waals surface area contributed by atoms with Crippen molar-refractivity contribution >= 4 is 5.97 Å². The Morgan fingerprint density at radius 3 is 2.53 bits per heavy atom. The van der Waals surface area contributed by atoms with E-state index in [1.54, 1.807) is 6.92 Å². The molecular formula is C12H23NO2. The number of rotatable bonds is 3. The molecule has 0 spiro atoms. The molecular weight excluding hydrogens is 190 g/mol. The lowest BCUT2D eigenvalue weighted by atomic mass is 9.80. The molecule has 0 amide bonds. The van der Waals surface area contributed by atoms with Gasteiger partial charge in [-0.3, -0.25) is 4.79 Å². The largest absolute Gasteiger partial charge is 0.481 e. The molecule has 1 rings (SSSR count). The van der Waals surface area contributed by atoms with Crippen molar-refractivity contribution in [1.82, 2.24) is 4.90 Å². The summed E-state index contributed by atoms with van der Waals surface area (Å²) in [5.74, 6) is -0.226. The van der Waals surface area contributed by atoms with Gasteiger partial charge in [-0.25, -0.2) is 0 Å². The zero-order valence-corrected chi connectivity index (χ0v) is 10.3. The first kappa shape index (κ1) is 12.5. The second-order valence-corrected chi connectivity index (χ2v) is 5.85. The van der Waals surface area contributed by atoms with E-state index in [4.69, 9.17) is 5.11 Å². The van der Waals surface area contributed by atoms with E-state index in [9.17, 15) is 4.79 Å². The van der Waals surface area contributed by atoms with Crippen LogP contribution < -0.4 is 0 Å². The van der Waals surface area contributed by atoms with Gasteiger partial charge in [0.1, 0.15) is 0 Å². The van der Waals surface area contributed by atoms with Gasteiger partial charge in [0.25, 0.3) is 0 Å². The zero-order valence-electron chi connectivity index (χ0n) is 10.3. The molecule has 0 aromatic carbocycles. The number of hydrogen-bond acceptors (Lipinski definition) is 2. The quantitative estimate of drug-likeness (QED) is 0.780. The molecule has 0 saturated carbocycles. The molecule has 1 fully saturated rings. The van der Waals surface area contributed by atoms with Crippen LogP contribution in [0.1, 0.15) is 34.1 Å². The number of aliphatic carboxylic acids is 1. The molecule has 0 bridgehead atoms. The summed E-state index contributed by atoms with van der Waals surface area (Å²) in [6.45, 7) is 11.4. The van der Waals surface area contributed by atoms with Crippen LogP contribution in [0.2, 0.25) is 0 Å². The van der Waals surface area contributed by atoms with Crippen LogP contribution in [0, 0.1) is 17.3 Å². The maximum atomic E-state index is 10.7. The summed E-state index contributed by atoms with van der Waals surface area (Å²) in [6.07, 6.45) is 1.20. The minimum absolute atomic E-state index is 0.247. The van der Waals surface area contributed by atoms with Gasteiger partial charge < -0.3 is 10.0 Å². The highest BCUT2D eigenvalue weighted by Gasteiger charge is 2.32. The Morgan fingerprint density at radius 2 is 2.13 bits per heavy atom. The van der Waals surface area contributed by atoms with Crippen LogP contribution >= 0.6 is 0 Å². The third-order valence-electron chi connectivity index (χ3n) is 3.45. The van der Waals surface area contributed by atoms with Crippen molar-refractivity contribution < 1.29 is 9.90 Å². The average molecular weight is 213 g/mol. The van der Waals surface area contributed by atoms with Gasteiger partial charge in [-0.05, 0) is 24.3 Å². The second-order valence-electron chi connectivity index (χ2n) is 5.85. The van der Waals surface area contributed by atoms with Gasteiger partial charge in [-0.2, -0.15) is 0 Å². The van der Waals surface area contributed by atoms with E-state index in [1.807, 2.05) is 0 Å². The maximum Gasteiger partial charge on any atom is 0.307 e. The average Bonchev–Trinajstić information content (AvgIpc) is 2.51. The molecule has 2 atom stereocenters. The smallest absolute Gasteiger partial charge is 0.307 e. The van der Waals surface area contributed by atoms with Crippen LogP contribution in [0.3, 0.4) is 0 Å². The van der Waals surface area contributed by atoms with Crippen LogP contribution in [0.25, 0.3) is 0 Å². The zero-order chi connectivity index (χ0) is 11.6. The lowest BCUT2D eigenvalue weighted by molar-refractivity contribution is -0.141. The van der Waals surface area contributed by atoms with Crippen molar-refractivity contribution in [1.29, 1.82) is 0 Å². The van der Waals surface area contributed by atoms with Gasteiger partial charge in [-0.1, -0.05) is 27.7 Å². The summed E-state index contributed by atoms with van der Waals surface area (Å²) < 4.78 is 0. The molecule has 0 aromatic heterocycles. The molecule has 88 valence electrons. The fraction of sp³-hybridized carbons (Fsp3) is 0.917. The predicted molar refractivity (Wildman–Crippen MR) is 60.8 cm³/mol. The molecule has 1 aliphatic rings. The lowest BCUT2D eigenvalue weighted by Gasteiger charge is -2.27. The minimum Gasteiger partial charge on any atom is -0.481 e. The van der Waals surface area contributed by atoms with Gasteiger partial charge in [0.2, 0.25) is 0 Å². The fourth-order valence-corrected chi connectivity index (χ4v) is 2.17. The normalized spacial score (nSPS) is 25.5. The van der Waals surface area contributed by atoms with Gasteiger partial charge in [0.15, 0.2) is 0 Å². The minimum atomic E-state index is -0.686. The number of likely N-dealkylation sites (tertiary alicyclic amines) is 1. The Kier molecular flexibility index (Phi) is 3.77. The molecule has 1 saturated heterocycles. The number of hydrogen-bond donors (Lipinski definition) is 1. The van der Waals surface area contributed by atoms with Crippen molar-refractivity contribution in [2.45, 2.75) is 34.1 Å². The first-order valence-corrected chi connectivity index (χ1v) is 5.76. The highest BCUT2D eigenvalue weighted by molar-refractivity contribution is 5.69. The molecule has 3 heteroatoms. The third kappa shape index (κ3) is 3.49. The first-order chi connectivity index (χ1) is 6.80. The van der Waals surface area contributed by atoms with Crippen molar-refractivity contribution in [3.05, 3.63) is 0 Å². The molecule has 0 radical (unpaired) electrons. The Labute approximate surface area is 92.5 Å². The summed E-state index contributed by atoms with van der Waals surface area (Å²) >= 11 is 0. The molecule has 0 aromatic rings. The molecule has 15 heavy (non-hydrogen) atoms. The summed E-state index contributed by atoms with van der Waals surface area (Å²) in [5.41, 5.74) is 0.348. The van der Waals surface area contributed by atoms with Crippen LogP contribution in [-0.4, -0.2) is 35.6 Å². The standard InChI is InChI=1S/C12H23NO2/c1-9(11(14)15)7-13-6-5-10(8-13)12(2,3)4/h9-10H,5-8H2,1-4H3,(H,14,15). The third-order valence-corrected chi connectivity index (χ3v) is 3.45. The van der Waals surface area contributed by atoms with Gasteiger partial charge in [-0.15, -0.1) is 0 Å². The van der Waals surface area contributed by atoms with Gasteiger partial charge >= 0.3 is 5.97 Å². The Hall–Kier alpha value is -0.570. The van der Waals surface area contributed by atoms with E-state index >= 15 is 0 Å². The summed E-state index contributed by atoms with van der Waals surface area (Å²) in [7, 11) is 0. The highest BCUT2D eigenvalue weighted by Crippen LogP contribution is 2.33. The molecule has 2 unspecified atom stereocenters. The topological polar surface area (TPSA) is 40.5 Å². The number of carboxylic acid groups (broad SMARTS) is 1. The van der Waals surface area contributed by atoms with E-state index in [-0.39, 0.29) is 5.92 Å². The van der Waals surface area contributed by atoms with Gasteiger partial charge in [0, 0.05) is 13.1 Å². The predicted octanol–water partition coefficient (Wildman–Crippen LogP) is 2.08. The molecule has 1 heterocycles. The number of carboxylic acids is 1. The molecule has 1 aliphatic heterocycles. The Balaban J connectivity index is 2.40. The summed E-state index contributed by atoms with van der Waals surface area (Å²) in [6, 6.07) is 0. The summed E-state index contributed by atoms with van der Waals surface area (Å²) in [5, 5.41) is 8.84.